The molecule has 4 aromatic heterocycles. The highest BCUT2D eigenvalue weighted by molar-refractivity contribution is 5.94. The van der Waals surface area contributed by atoms with Gasteiger partial charge >= 0.3 is 0 Å². The zero-order chi connectivity index (χ0) is 21.7. The second-order valence-corrected chi connectivity index (χ2v) is 6.34. The van der Waals surface area contributed by atoms with Crippen LogP contribution in [-0.2, 0) is 6.54 Å². The Balaban J connectivity index is 0.00000124. The SMILES string of the molecule is CC.Cc1ccncc1-c1cc2cc(Nc3cnn(CC(F)F)c3)ncc2c(N)n1. The smallest absolute Gasteiger partial charge is 0.257 e. The van der Waals surface area contributed by atoms with Crippen LogP contribution in [0.2, 0.25) is 0 Å². The molecule has 7 nitrogen and oxygen atoms in total. The first-order chi connectivity index (χ1) is 14.5. The molecular weight excluding hydrogens is 388 g/mol. The molecule has 0 bridgehead atoms. The maximum absolute atomic E-state index is 12.5. The predicted molar refractivity (Wildman–Crippen MR) is 115 cm³/mol. The van der Waals surface area contributed by atoms with E-state index in [2.05, 4.69) is 25.4 Å². The minimum Gasteiger partial charge on any atom is -0.383 e. The molecule has 0 aliphatic rings. The van der Waals surface area contributed by atoms with Crippen LogP contribution in [0.1, 0.15) is 19.4 Å². The fraction of sp³-hybridized carbons (Fsp3) is 0.238. The molecule has 9 heteroatoms. The van der Waals surface area contributed by atoms with Gasteiger partial charge in [-0.05, 0) is 36.1 Å². The van der Waals surface area contributed by atoms with Crippen molar-refractivity contribution in [3.05, 3.63) is 54.7 Å². The number of alkyl halides is 2. The fourth-order valence-corrected chi connectivity index (χ4v) is 2.93. The summed E-state index contributed by atoms with van der Waals surface area (Å²) in [6.07, 6.45) is 5.62. The van der Waals surface area contributed by atoms with Crippen molar-refractivity contribution in [3.63, 3.8) is 0 Å². The number of aromatic nitrogens is 5. The second kappa shape index (κ2) is 9.25. The lowest BCUT2D eigenvalue weighted by Gasteiger charge is -2.10. The largest absolute Gasteiger partial charge is 0.383 e. The van der Waals surface area contributed by atoms with Gasteiger partial charge in [0, 0.05) is 35.7 Å². The maximum atomic E-state index is 12.5. The number of hydrogen-bond acceptors (Lipinski definition) is 6. The molecule has 0 spiro atoms. The molecule has 0 aliphatic heterocycles. The van der Waals surface area contributed by atoms with Gasteiger partial charge in [0.25, 0.3) is 6.43 Å². The van der Waals surface area contributed by atoms with E-state index in [0.717, 1.165) is 27.6 Å². The molecule has 0 fully saturated rings. The maximum Gasteiger partial charge on any atom is 0.257 e. The van der Waals surface area contributed by atoms with Crippen LogP contribution in [0.3, 0.4) is 0 Å². The molecule has 0 aliphatic carbocycles. The molecular formula is C21H23F2N7. The van der Waals surface area contributed by atoms with Crippen molar-refractivity contribution in [1.82, 2.24) is 24.7 Å². The van der Waals surface area contributed by atoms with Crippen molar-refractivity contribution < 1.29 is 8.78 Å². The molecule has 4 heterocycles. The third kappa shape index (κ3) is 4.68. The summed E-state index contributed by atoms with van der Waals surface area (Å²) in [5.74, 6) is 0.920. The monoisotopic (exact) mass is 411 g/mol. The highest BCUT2D eigenvalue weighted by Gasteiger charge is 2.10. The summed E-state index contributed by atoms with van der Waals surface area (Å²) in [6.45, 7) is 5.53. The van der Waals surface area contributed by atoms with E-state index in [1.807, 2.05) is 39.0 Å². The van der Waals surface area contributed by atoms with E-state index in [0.29, 0.717) is 17.3 Å². The molecule has 0 saturated heterocycles. The Labute approximate surface area is 173 Å². The van der Waals surface area contributed by atoms with Crippen LogP contribution in [0.4, 0.5) is 26.1 Å². The van der Waals surface area contributed by atoms with Gasteiger partial charge in [0.05, 0.1) is 17.6 Å². The Hall–Kier alpha value is -3.62. The third-order valence-corrected chi connectivity index (χ3v) is 4.29. The van der Waals surface area contributed by atoms with Gasteiger partial charge < -0.3 is 11.1 Å². The van der Waals surface area contributed by atoms with E-state index in [4.69, 9.17) is 5.73 Å². The minimum absolute atomic E-state index is 0.375. The topological polar surface area (TPSA) is 94.5 Å². The van der Waals surface area contributed by atoms with E-state index in [-0.39, 0.29) is 0 Å². The molecule has 0 radical (unpaired) electrons. The average Bonchev–Trinajstić information content (AvgIpc) is 3.15. The van der Waals surface area contributed by atoms with Crippen molar-refractivity contribution in [1.29, 1.82) is 0 Å². The molecule has 0 saturated carbocycles. The van der Waals surface area contributed by atoms with Gasteiger partial charge in [-0.2, -0.15) is 5.10 Å². The van der Waals surface area contributed by atoms with Crippen LogP contribution >= 0.6 is 0 Å². The molecule has 0 aromatic carbocycles. The number of fused-ring (bicyclic) bond motifs is 1. The first kappa shape index (κ1) is 21.1. The summed E-state index contributed by atoms with van der Waals surface area (Å²) < 4.78 is 26.1. The summed E-state index contributed by atoms with van der Waals surface area (Å²) in [7, 11) is 0. The Kier molecular flexibility index (Phi) is 6.51. The lowest BCUT2D eigenvalue weighted by Crippen LogP contribution is -2.06. The van der Waals surface area contributed by atoms with Crippen LogP contribution in [-0.4, -0.2) is 31.2 Å². The summed E-state index contributed by atoms with van der Waals surface area (Å²) in [6, 6.07) is 5.66. The molecule has 3 N–H and O–H groups in total. The standard InChI is InChI=1S/C19H17F2N7.C2H6/c1-11-2-3-23-7-14(11)16-4-12-5-18(24-8-15(12)19(22)27-16)26-13-6-25-28(9-13)10-17(20)21;1-2/h2-9,17H,10H2,1H3,(H2,22,27)(H,24,26);1-2H3. The molecule has 0 amide bonds. The molecule has 30 heavy (non-hydrogen) atoms. The number of nitrogens with zero attached hydrogens (tertiary/aromatic N) is 5. The van der Waals surface area contributed by atoms with E-state index >= 15 is 0 Å². The van der Waals surface area contributed by atoms with E-state index < -0.39 is 13.0 Å². The van der Waals surface area contributed by atoms with Crippen LogP contribution in [0.5, 0.6) is 0 Å². The van der Waals surface area contributed by atoms with E-state index in [1.54, 1.807) is 18.6 Å². The summed E-state index contributed by atoms with van der Waals surface area (Å²) in [4.78, 5) is 13.0. The van der Waals surface area contributed by atoms with Gasteiger partial charge in [-0.25, -0.2) is 18.7 Å². The number of anilines is 3. The molecule has 0 unspecified atom stereocenters. The van der Waals surface area contributed by atoms with Gasteiger partial charge in [0.2, 0.25) is 0 Å². The Morgan fingerprint density at radius 3 is 2.70 bits per heavy atom. The number of nitrogen functional groups attached to an aromatic ring is 1. The second-order valence-electron chi connectivity index (χ2n) is 6.34. The van der Waals surface area contributed by atoms with Gasteiger partial charge in [-0.3, -0.25) is 9.67 Å². The van der Waals surface area contributed by atoms with Crippen LogP contribution < -0.4 is 11.1 Å². The van der Waals surface area contributed by atoms with E-state index in [1.165, 1.54) is 17.1 Å². The molecule has 4 rings (SSSR count). The van der Waals surface area contributed by atoms with Crippen molar-refractivity contribution in [2.75, 3.05) is 11.1 Å². The zero-order valence-electron chi connectivity index (χ0n) is 17.0. The van der Waals surface area contributed by atoms with Crippen molar-refractivity contribution in [2.45, 2.75) is 33.7 Å². The van der Waals surface area contributed by atoms with Crippen molar-refractivity contribution >= 4 is 28.1 Å². The number of halogens is 2. The van der Waals surface area contributed by atoms with Gasteiger partial charge in [0.15, 0.2) is 0 Å². The highest BCUT2D eigenvalue weighted by atomic mass is 19.3. The van der Waals surface area contributed by atoms with Crippen molar-refractivity contribution in [3.8, 4) is 11.3 Å². The Morgan fingerprint density at radius 1 is 1.17 bits per heavy atom. The summed E-state index contributed by atoms with van der Waals surface area (Å²) >= 11 is 0. The number of nitrogens with two attached hydrogens (primary N) is 1. The van der Waals surface area contributed by atoms with Gasteiger partial charge in [-0.15, -0.1) is 0 Å². The number of hydrogen-bond donors (Lipinski definition) is 2. The van der Waals surface area contributed by atoms with Crippen LogP contribution in [0.15, 0.2) is 49.2 Å². The number of nitrogens with one attached hydrogen (secondary N) is 1. The number of rotatable bonds is 5. The lowest BCUT2D eigenvalue weighted by atomic mass is 10.1. The van der Waals surface area contributed by atoms with Crippen molar-refractivity contribution in [2.24, 2.45) is 0 Å². The van der Waals surface area contributed by atoms with E-state index in [9.17, 15) is 8.78 Å². The summed E-state index contributed by atoms with van der Waals surface area (Å²) in [5, 5.41) is 8.55. The normalized spacial score (nSPS) is 10.7. The minimum atomic E-state index is -2.46. The molecule has 4 aromatic rings. The Bertz CT molecular complexity index is 1140. The first-order valence-corrected chi connectivity index (χ1v) is 9.54. The Morgan fingerprint density at radius 2 is 1.97 bits per heavy atom. The van der Waals surface area contributed by atoms with Crippen LogP contribution in [0.25, 0.3) is 22.0 Å². The quantitative estimate of drug-likeness (QED) is 0.489. The number of pyridine rings is 3. The van der Waals surface area contributed by atoms with Gasteiger partial charge in [-0.1, -0.05) is 13.8 Å². The fourth-order valence-electron chi connectivity index (χ4n) is 2.93. The predicted octanol–water partition coefficient (Wildman–Crippen LogP) is 4.81. The lowest BCUT2D eigenvalue weighted by molar-refractivity contribution is 0.122. The van der Waals surface area contributed by atoms with Crippen LogP contribution in [0, 0.1) is 6.92 Å². The number of aryl methyl sites for hydroxylation is 1. The highest BCUT2D eigenvalue weighted by Crippen LogP contribution is 2.29. The summed E-state index contributed by atoms with van der Waals surface area (Å²) in [5.41, 5.74) is 9.35. The first-order valence-electron chi connectivity index (χ1n) is 9.54. The average molecular weight is 411 g/mol. The third-order valence-electron chi connectivity index (χ3n) is 4.29. The zero-order valence-corrected chi connectivity index (χ0v) is 17.0. The molecule has 0 atom stereocenters. The molecule has 156 valence electrons. The van der Waals surface area contributed by atoms with Gasteiger partial charge in [0.1, 0.15) is 18.2 Å².